The Labute approximate surface area is 151 Å². The molecule has 2 fully saturated rings. The Bertz CT molecular complexity index is 488. The van der Waals surface area contributed by atoms with Gasteiger partial charge in [0.1, 0.15) is 0 Å². The number of hydrogen-bond donors (Lipinski definition) is 1. The first kappa shape index (κ1) is 20.2. The van der Waals surface area contributed by atoms with Gasteiger partial charge in [-0.2, -0.15) is 0 Å². The van der Waals surface area contributed by atoms with Crippen molar-refractivity contribution < 1.29 is 4.79 Å². The monoisotopic (exact) mass is 359 g/mol. The number of benzene rings is 1. The second-order valence-corrected chi connectivity index (χ2v) is 6.32. The van der Waals surface area contributed by atoms with Crippen LogP contribution in [-0.2, 0) is 4.79 Å². The van der Waals surface area contributed by atoms with Crippen molar-refractivity contribution in [3.05, 3.63) is 35.9 Å². The summed E-state index contributed by atoms with van der Waals surface area (Å²) in [5.74, 6) is 0.0293. The molecule has 23 heavy (non-hydrogen) atoms. The van der Waals surface area contributed by atoms with Crippen LogP contribution in [0.25, 0.3) is 0 Å². The largest absolute Gasteiger partial charge is 0.340 e. The molecule has 1 aliphatic heterocycles. The Morgan fingerprint density at radius 1 is 1.09 bits per heavy atom. The summed E-state index contributed by atoms with van der Waals surface area (Å²) in [6.45, 7) is 5.68. The molecule has 2 N–H and O–H groups in total. The van der Waals surface area contributed by atoms with E-state index in [0.717, 1.165) is 37.8 Å². The SMILES string of the molecule is CC(C(=O)N1CCN(C2CC2)CC1)C(N)c1ccccc1.Cl.Cl. The molecule has 4 nitrogen and oxygen atoms in total. The molecule has 1 heterocycles. The van der Waals surface area contributed by atoms with E-state index in [0.29, 0.717) is 0 Å². The fourth-order valence-electron chi connectivity index (χ4n) is 3.15. The summed E-state index contributed by atoms with van der Waals surface area (Å²) >= 11 is 0. The predicted octanol–water partition coefficient (Wildman–Crippen LogP) is 2.47. The molecule has 0 radical (unpaired) electrons. The van der Waals surface area contributed by atoms with Gasteiger partial charge < -0.3 is 10.6 Å². The fraction of sp³-hybridized carbons (Fsp3) is 0.588. The molecule has 1 amide bonds. The summed E-state index contributed by atoms with van der Waals surface area (Å²) in [5.41, 5.74) is 7.31. The third kappa shape index (κ3) is 4.83. The van der Waals surface area contributed by atoms with Crippen LogP contribution in [0.2, 0.25) is 0 Å². The first-order chi connectivity index (χ1) is 10.2. The van der Waals surface area contributed by atoms with Crippen LogP contribution in [0, 0.1) is 5.92 Å². The lowest BCUT2D eigenvalue weighted by Gasteiger charge is -2.37. The number of hydrogen-bond acceptors (Lipinski definition) is 3. The molecule has 3 rings (SSSR count). The summed E-state index contributed by atoms with van der Waals surface area (Å²) in [4.78, 5) is 17.1. The summed E-state index contributed by atoms with van der Waals surface area (Å²) in [6.07, 6.45) is 2.67. The third-order valence-corrected chi connectivity index (χ3v) is 4.80. The van der Waals surface area contributed by atoms with Gasteiger partial charge in [-0.1, -0.05) is 37.3 Å². The number of amides is 1. The van der Waals surface area contributed by atoms with Crippen molar-refractivity contribution in [1.29, 1.82) is 0 Å². The van der Waals surface area contributed by atoms with Gasteiger partial charge in [0.05, 0.1) is 5.92 Å². The number of piperazine rings is 1. The zero-order valence-corrected chi connectivity index (χ0v) is 15.2. The highest BCUT2D eigenvalue weighted by Crippen LogP contribution is 2.28. The average Bonchev–Trinajstić information content (AvgIpc) is 3.39. The number of carbonyl (C=O) groups excluding carboxylic acids is 1. The minimum atomic E-state index is -0.222. The molecule has 6 heteroatoms. The molecule has 1 aromatic carbocycles. The van der Waals surface area contributed by atoms with Crippen molar-refractivity contribution in [2.24, 2.45) is 11.7 Å². The lowest BCUT2D eigenvalue weighted by Crippen LogP contribution is -2.51. The quantitative estimate of drug-likeness (QED) is 0.898. The Hall–Kier alpha value is -0.810. The van der Waals surface area contributed by atoms with Crippen LogP contribution in [0.4, 0.5) is 0 Å². The predicted molar refractivity (Wildman–Crippen MR) is 98.2 cm³/mol. The topological polar surface area (TPSA) is 49.6 Å². The highest BCUT2D eigenvalue weighted by Gasteiger charge is 2.34. The molecule has 0 spiro atoms. The number of carbonyl (C=O) groups is 1. The second kappa shape index (κ2) is 8.88. The molecule has 1 aromatic rings. The summed E-state index contributed by atoms with van der Waals surface area (Å²) < 4.78 is 0. The van der Waals surface area contributed by atoms with Gasteiger partial charge in [-0.15, -0.1) is 24.8 Å². The van der Waals surface area contributed by atoms with Crippen LogP contribution in [0.1, 0.15) is 31.4 Å². The van der Waals surface area contributed by atoms with E-state index in [1.54, 1.807) is 0 Å². The molecular weight excluding hydrogens is 333 g/mol. The van der Waals surface area contributed by atoms with E-state index in [1.165, 1.54) is 12.8 Å². The normalized spacial score (nSPS) is 20.9. The molecule has 1 saturated heterocycles. The van der Waals surface area contributed by atoms with Crippen LogP contribution in [0.3, 0.4) is 0 Å². The van der Waals surface area contributed by atoms with E-state index in [4.69, 9.17) is 5.73 Å². The zero-order chi connectivity index (χ0) is 14.8. The van der Waals surface area contributed by atoms with Crippen molar-refractivity contribution in [3.63, 3.8) is 0 Å². The third-order valence-electron chi connectivity index (χ3n) is 4.80. The van der Waals surface area contributed by atoms with Gasteiger partial charge in [0, 0.05) is 38.3 Å². The van der Waals surface area contributed by atoms with Gasteiger partial charge in [0.25, 0.3) is 0 Å². The molecule has 130 valence electrons. The molecule has 2 aliphatic rings. The van der Waals surface area contributed by atoms with Crippen LogP contribution in [-0.4, -0.2) is 47.9 Å². The molecular formula is C17H27Cl2N3O. The maximum Gasteiger partial charge on any atom is 0.227 e. The lowest BCUT2D eigenvalue weighted by atomic mass is 9.94. The number of halogens is 2. The van der Waals surface area contributed by atoms with Crippen molar-refractivity contribution >= 4 is 30.7 Å². The lowest BCUT2D eigenvalue weighted by molar-refractivity contribution is -0.137. The standard InChI is InChI=1S/C17H25N3O.2ClH/c1-13(16(18)14-5-3-2-4-6-14)17(21)20-11-9-19(10-12-20)15-7-8-15;;/h2-6,13,15-16H,7-12,18H2,1H3;2*1H. The average molecular weight is 360 g/mol. The van der Waals surface area contributed by atoms with Crippen molar-refractivity contribution in [2.45, 2.75) is 31.8 Å². The van der Waals surface area contributed by atoms with E-state index >= 15 is 0 Å². The van der Waals surface area contributed by atoms with E-state index in [1.807, 2.05) is 42.2 Å². The van der Waals surface area contributed by atoms with Gasteiger partial charge in [-0.25, -0.2) is 0 Å². The van der Waals surface area contributed by atoms with Crippen molar-refractivity contribution in [1.82, 2.24) is 9.80 Å². The summed E-state index contributed by atoms with van der Waals surface area (Å²) in [7, 11) is 0. The van der Waals surface area contributed by atoms with Gasteiger partial charge in [0.15, 0.2) is 0 Å². The van der Waals surface area contributed by atoms with E-state index < -0.39 is 0 Å². The number of rotatable bonds is 4. The second-order valence-electron chi connectivity index (χ2n) is 6.32. The van der Waals surface area contributed by atoms with E-state index in [-0.39, 0.29) is 42.7 Å². The molecule has 2 atom stereocenters. The van der Waals surface area contributed by atoms with Gasteiger partial charge in [0.2, 0.25) is 5.91 Å². The van der Waals surface area contributed by atoms with Crippen molar-refractivity contribution in [3.8, 4) is 0 Å². The highest BCUT2D eigenvalue weighted by molar-refractivity contribution is 5.85. The molecule has 1 saturated carbocycles. The van der Waals surface area contributed by atoms with Crippen LogP contribution in [0.5, 0.6) is 0 Å². The Kier molecular flexibility index (Phi) is 7.81. The van der Waals surface area contributed by atoms with Gasteiger partial charge in [-0.05, 0) is 18.4 Å². The Morgan fingerprint density at radius 3 is 2.17 bits per heavy atom. The first-order valence-corrected chi connectivity index (χ1v) is 8.00. The number of nitrogens with zero attached hydrogens (tertiary/aromatic N) is 2. The smallest absolute Gasteiger partial charge is 0.227 e. The maximum atomic E-state index is 12.6. The molecule has 0 aromatic heterocycles. The van der Waals surface area contributed by atoms with Crippen LogP contribution in [0.15, 0.2) is 30.3 Å². The minimum absolute atomic E-state index is 0. The molecule has 1 aliphatic carbocycles. The van der Waals surface area contributed by atoms with Crippen molar-refractivity contribution in [2.75, 3.05) is 26.2 Å². The van der Waals surface area contributed by atoms with E-state index in [9.17, 15) is 4.79 Å². The Morgan fingerprint density at radius 2 is 1.65 bits per heavy atom. The molecule has 2 unspecified atom stereocenters. The number of nitrogens with two attached hydrogens (primary N) is 1. The van der Waals surface area contributed by atoms with Crippen LogP contribution < -0.4 is 5.73 Å². The molecule has 0 bridgehead atoms. The fourth-order valence-corrected chi connectivity index (χ4v) is 3.15. The Balaban J connectivity index is 0.00000132. The van der Waals surface area contributed by atoms with E-state index in [2.05, 4.69) is 4.90 Å². The minimum Gasteiger partial charge on any atom is -0.340 e. The van der Waals surface area contributed by atoms with Gasteiger partial charge in [-0.3, -0.25) is 9.69 Å². The summed E-state index contributed by atoms with van der Waals surface area (Å²) in [6, 6.07) is 10.5. The maximum absolute atomic E-state index is 12.6. The van der Waals surface area contributed by atoms with Crippen LogP contribution >= 0.6 is 24.8 Å². The first-order valence-electron chi connectivity index (χ1n) is 8.00. The summed E-state index contributed by atoms with van der Waals surface area (Å²) in [5, 5.41) is 0. The zero-order valence-electron chi connectivity index (χ0n) is 13.6. The highest BCUT2D eigenvalue weighted by atomic mass is 35.5. The van der Waals surface area contributed by atoms with Gasteiger partial charge >= 0.3 is 0 Å².